The Morgan fingerprint density at radius 1 is 1.12 bits per heavy atom. The van der Waals surface area contributed by atoms with Crippen molar-refractivity contribution in [3.63, 3.8) is 0 Å². The zero-order valence-electron chi connectivity index (χ0n) is 13.3. The molecule has 1 aliphatic rings. The zero-order valence-corrected chi connectivity index (χ0v) is 13.3. The van der Waals surface area contributed by atoms with Gasteiger partial charge >= 0.3 is 0 Å². The molecule has 1 saturated heterocycles. The lowest BCUT2D eigenvalue weighted by Gasteiger charge is -2.33. The second kappa shape index (κ2) is 6.92. The molecule has 1 fully saturated rings. The molecule has 7 heteroatoms. The van der Waals surface area contributed by atoms with Gasteiger partial charge in [-0.25, -0.2) is 13.8 Å². The van der Waals surface area contributed by atoms with Gasteiger partial charge in [0.1, 0.15) is 17.5 Å². The van der Waals surface area contributed by atoms with Crippen molar-refractivity contribution in [1.29, 1.82) is 0 Å². The molecule has 24 heavy (non-hydrogen) atoms. The van der Waals surface area contributed by atoms with Crippen LogP contribution < -0.4 is 10.2 Å². The molecule has 5 nitrogen and oxygen atoms in total. The highest BCUT2D eigenvalue weighted by atomic mass is 19.1. The molecule has 0 radical (unpaired) electrons. The molecule has 0 aliphatic carbocycles. The molecular weight excluding hydrogens is 314 g/mol. The van der Waals surface area contributed by atoms with Crippen molar-refractivity contribution in [2.45, 2.75) is 0 Å². The molecule has 1 N–H and O–H groups in total. The van der Waals surface area contributed by atoms with E-state index in [1.54, 1.807) is 6.07 Å². The molecule has 126 valence electrons. The van der Waals surface area contributed by atoms with Gasteiger partial charge in [0.25, 0.3) is 5.91 Å². The number of pyridine rings is 1. The van der Waals surface area contributed by atoms with Gasteiger partial charge in [0.15, 0.2) is 0 Å². The van der Waals surface area contributed by atoms with Gasteiger partial charge in [-0.1, -0.05) is 0 Å². The minimum absolute atomic E-state index is 0.209. The first-order valence-electron chi connectivity index (χ1n) is 7.69. The number of hydrogen-bond acceptors (Lipinski definition) is 4. The van der Waals surface area contributed by atoms with Gasteiger partial charge in [-0.05, 0) is 31.3 Å². The highest BCUT2D eigenvalue weighted by molar-refractivity contribution is 6.04. The van der Waals surface area contributed by atoms with E-state index in [0.29, 0.717) is 11.8 Å². The van der Waals surface area contributed by atoms with E-state index >= 15 is 0 Å². The largest absolute Gasteiger partial charge is 0.354 e. The minimum Gasteiger partial charge on any atom is -0.354 e. The number of amides is 1. The number of carbonyl (C=O) groups is 1. The topological polar surface area (TPSA) is 48.5 Å². The number of rotatable bonds is 3. The van der Waals surface area contributed by atoms with E-state index in [1.807, 2.05) is 6.07 Å². The van der Waals surface area contributed by atoms with Gasteiger partial charge < -0.3 is 15.1 Å². The Labute approximate surface area is 138 Å². The Balaban J connectivity index is 1.66. The van der Waals surface area contributed by atoms with E-state index in [4.69, 9.17) is 0 Å². The van der Waals surface area contributed by atoms with Gasteiger partial charge in [0, 0.05) is 32.2 Å². The van der Waals surface area contributed by atoms with E-state index in [2.05, 4.69) is 27.1 Å². The summed E-state index contributed by atoms with van der Waals surface area (Å²) in [6.07, 6.45) is 1.53. The Morgan fingerprint density at radius 3 is 2.50 bits per heavy atom. The summed E-state index contributed by atoms with van der Waals surface area (Å²) in [6.45, 7) is 3.75. The SMILES string of the molecule is CN1CCN(c2ccc(NC(=O)c3ccc(F)cc3F)cn2)CC1. The smallest absolute Gasteiger partial charge is 0.258 e. The van der Waals surface area contributed by atoms with Crippen molar-refractivity contribution in [3.05, 3.63) is 53.7 Å². The van der Waals surface area contributed by atoms with E-state index in [1.165, 1.54) is 6.20 Å². The predicted molar refractivity (Wildman–Crippen MR) is 88.3 cm³/mol. The molecule has 0 saturated carbocycles. The van der Waals surface area contributed by atoms with Crippen LogP contribution in [0, 0.1) is 11.6 Å². The Hall–Kier alpha value is -2.54. The number of piperazine rings is 1. The molecule has 3 rings (SSSR count). The molecule has 0 unspecified atom stereocenters. The number of nitrogens with zero attached hydrogens (tertiary/aromatic N) is 3. The summed E-state index contributed by atoms with van der Waals surface area (Å²) in [5.74, 6) is -1.41. The van der Waals surface area contributed by atoms with Crippen molar-refractivity contribution in [3.8, 4) is 0 Å². The minimum atomic E-state index is -0.894. The van der Waals surface area contributed by atoms with Crippen LogP contribution in [0.1, 0.15) is 10.4 Å². The summed E-state index contributed by atoms with van der Waals surface area (Å²) in [7, 11) is 2.08. The summed E-state index contributed by atoms with van der Waals surface area (Å²) < 4.78 is 26.5. The maximum Gasteiger partial charge on any atom is 0.258 e. The lowest BCUT2D eigenvalue weighted by atomic mass is 10.2. The summed E-state index contributed by atoms with van der Waals surface area (Å²) in [5, 5.41) is 2.57. The Bertz CT molecular complexity index is 728. The third-order valence-electron chi connectivity index (χ3n) is 4.01. The number of aromatic nitrogens is 1. The maximum atomic E-state index is 13.6. The van der Waals surface area contributed by atoms with Crippen LogP contribution >= 0.6 is 0 Å². The molecule has 1 amide bonds. The average molecular weight is 332 g/mol. The third kappa shape index (κ3) is 3.68. The Kier molecular flexibility index (Phi) is 4.71. The van der Waals surface area contributed by atoms with Crippen LogP contribution in [0.3, 0.4) is 0 Å². The lowest BCUT2D eigenvalue weighted by molar-refractivity contribution is 0.102. The normalized spacial score (nSPS) is 15.4. The summed E-state index contributed by atoms with van der Waals surface area (Å²) in [6, 6.07) is 6.39. The van der Waals surface area contributed by atoms with Gasteiger partial charge in [-0.2, -0.15) is 0 Å². The zero-order chi connectivity index (χ0) is 17.1. The van der Waals surface area contributed by atoms with Crippen molar-refractivity contribution in [1.82, 2.24) is 9.88 Å². The highest BCUT2D eigenvalue weighted by Crippen LogP contribution is 2.17. The van der Waals surface area contributed by atoms with Crippen LogP contribution in [-0.4, -0.2) is 49.0 Å². The van der Waals surface area contributed by atoms with Gasteiger partial charge in [-0.15, -0.1) is 0 Å². The molecular formula is C17H18F2N4O. The van der Waals surface area contributed by atoms with Crippen molar-refractivity contribution < 1.29 is 13.6 Å². The maximum absolute atomic E-state index is 13.6. The second-order valence-corrected chi connectivity index (χ2v) is 5.77. The highest BCUT2D eigenvalue weighted by Gasteiger charge is 2.16. The molecule has 0 atom stereocenters. The predicted octanol–water partition coefficient (Wildman–Crippen LogP) is 2.36. The number of carbonyl (C=O) groups excluding carboxylic acids is 1. The fourth-order valence-electron chi connectivity index (χ4n) is 2.55. The monoisotopic (exact) mass is 332 g/mol. The van der Waals surface area contributed by atoms with Crippen LogP contribution in [0.4, 0.5) is 20.3 Å². The Morgan fingerprint density at radius 2 is 1.88 bits per heavy atom. The standard InChI is InChI=1S/C17H18F2N4O/c1-22-6-8-23(9-7-22)16-5-3-13(11-20-16)21-17(24)14-4-2-12(18)10-15(14)19/h2-5,10-11H,6-9H2,1H3,(H,21,24). The van der Waals surface area contributed by atoms with Gasteiger partial charge in [0.2, 0.25) is 0 Å². The van der Waals surface area contributed by atoms with E-state index in [0.717, 1.165) is 44.1 Å². The number of benzene rings is 1. The van der Waals surface area contributed by atoms with E-state index < -0.39 is 17.5 Å². The van der Waals surface area contributed by atoms with Crippen molar-refractivity contribution >= 4 is 17.4 Å². The van der Waals surface area contributed by atoms with E-state index in [9.17, 15) is 13.6 Å². The number of likely N-dealkylation sites (N-methyl/N-ethyl adjacent to an activating group) is 1. The summed E-state index contributed by atoms with van der Waals surface area (Å²) >= 11 is 0. The molecule has 0 spiro atoms. The molecule has 2 aromatic rings. The van der Waals surface area contributed by atoms with Gasteiger partial charge in [-0.3, -0.25) is 4.79 Å². The van der Waals surface area contributed by atoms with Crippen LogP contribution in [0.25, 0.3) is 0 Å². The fraction of sp³-hybridized carbons (Fsp3) is 0.294. The molecule has 0 bridgehead atoms. The number of anilines is 2. The first kappa shape index (κ1) is 16.3. The van der Waals surface area contributed by atoms with Crippen LogP contribution in [0.15, 0.2) is 36.5 Å². The quantitative estimate of drug-likeness (QED) is 0.937. The number of hydrogen-bond donors (Lipinski definition) is 1. The van der Waals surface area contributed by atoms with Crippen molar-refractivity contribution in [2.75, 3.05) is 43.4 Å². The summed E-state index contributed by atoms with van der Waals surface area (Å²) in [4.78, 5) is 20.8. The molecule has 1 aromatic heterocycles. The fourth-order valence-corrected chi connectivity index (χ4v) is 2.55. The molecule has 2 heterocycles. The first-order valence-corrected chi connectivity index (χ1v) is 7.69. The van der Waals surface area contributed by atoms with Gasteiger partial charge in [0.05, 0.1) is 17.4 Å². The molecule has 1 aromatic carbocycles. The van der Waals surface area contributed by atoms with Crippen LogP contribution in [0.2, 0.25) is 0 Å². The number of nitrogens with one attached hydrogen (secondary N) is 1. The molecule has 1 aliphatic heterocycles. The van der Waals surface area contributed by atoms with Crippen molar-refractivity contribution in [2.24, 2.45) is 0 Å². The average Bonchev–Trinajstić information content (AvgIpc) is 2.56. The van der Waals surface area contributed by atoms with E-state index in [-0.39, 0.29) is 5.56 Å². The summed E-state index contributed by atoms with van der Waals surface area (Å²) in [5.41, 5.74) is 0.251. The van der Waals surface area contributed by atoms with Crippen LogP contribution in [0.5, 0.6) is 0 Å². The third-order valence-corrected chi connectivity index (χ3v) is 4.01. The van der Waals surface area contributed by atoms with Crippen LogP contribution in [-0.2, 0) is 0 Å². The number of halogens is 2. The second-order valence-electron chi connectivity index (χ2n) is 5.77. The lowest BCUT2D eigenvalue weighted by Crippen LogP contribution is -2.44. The first-order chi connectivity index (χ1) is 11.5.